The third kappa shape index (κ3) is 2.87. The topological polar surface area (TPSA) is 92.7 Å². The molecule has 7 nitrogen and oxygen atoms in total. The monoisotopic (exact) mass is 333 g/mol. The van der Waals surface area contributed by atoms with E-state index >= 15 is 0 Å². The summed E-state index contributed by atoms with van der Waals surface area (Å²) in [4.78, 5) is 27.7. The molecule has 0 fully saturated rings. The summed E-state index contributed by atoms with van der Waals surface area (Å²) in [7, 11) is 0. The van der Waals surface area contributed by atoms with Crippen LogP contribution in [-0.4, -0.2) is 25.9 Å². The minimum absolute atomic E-state index is 0.133. The molecule has 7 heteroatoms. The first-order valence-electron chi connectivity index (χ1n) is 7.91. The molecular formula is C18H15N5O2. The van der Waals surface area contributed by atoms with E-state index in [1.807, 2.05) is 30.5 Å². The van der Waals surface area contributed by atoms with Gasteiger partial charge in [-0.3, -0.25) is 9.59 Å². The summed E-state index contributed by atoms with van der Waals surface area (Å²) in [6.45, 7) is 0.172. The molecule has 2 N–H and O–H groups in total. The summed E-state index contributed by atoms with van der Waals surface area (Å²) in [6, 6.07) is 14.6. The molecule has 0 bridgehead atoms. The van der Waals surface area contributed by atoms with Crippen LogP contribution in [0.1, 0.15) is 6.42 Å². The number of rotatable bonds is 4. The first-order valence-corrected chi connectivity index (χ1v) is 7.91. The second-order valence-electron chi connectivity index (χ2n) is 5.68. The van der Waals surface area contributed by atoms with Crippen LogP contribution in [0, 0.1) is 0 Å². The summed E-state index contributed by atoms with van der Waals surface area (Å²) < 4.78 is 1.22. The third-order valence-corrected chi connectivity index (χ3v) is 4.05. The smallest absolute Gasteiger partial charge is 0.277 e. The number of carbonyl (C=O) groups is 1. The lowest BCUT2D eigenvalue weighted by atomic mass is 10.2. The number of aryl methyl sites for hydroxylation is 1. The van der Waals surface area contributed by atoms with Crippen molar-refractivity contribution in [2.45, 2.75) is 13.0 Å². The zero-order valence-electron chi connectivity index (χ0n) is 13.3. The Morgan fingerprint density at radius 3 is 2.88 bits per heavy atom. The van der Waals surface area contributed by atoms with Crippen molar-refractivity contribution in [1.29, 1.82) is 0 Å². The Kier molecular flexibility index (Phi) is 3.74. The highest BCUT2D eigenvalue weighted by molar-refractivity contribution is 6.01. The molecule has 124 valence electrons. The van der Waals surface area contributed by atoms with Gasteiger partial charge in [0.2, 0.25) is 5.91 Å². The molecule has 2 aromatic heterocycles. The van der Waals surface area contributed by atoms with Gasteiger partial charge in [-0.15, -0.1) is 5.10 Å². The van der Waals surface area contributed by atoms with E-state index in [1.165, 1.54) is 4.68 Å². The van der Waals surface area contributed by atoms with Gasteiger partial charge in [-0.1, -0.05) is 23.4 Å². The largest absolute Gasteiger partial charge is 0.361 e. The van der Waals surface area contributed by atoms with Crippen LogP contribution < -0.4 is 10.9 Å². The number of benzene rings is 2. The van der Waals surface area contributed by atoms with Crippen LogP contribution in [0.3, 0.4) is 0 Å². The fourth-order valence-electron chi connectivity index (χ4n) is 2.78. The van der Waals surface area contributed by atoms with Crippen LogP contribution in [0.4, 0.5) is 5.69 Å². The third-order valence-electron chi connectivity index (χ3n) is 4.05. The van der Waals surface area contributed by atoms with E-state index in [4.69, 9.17) is 0 Å². The van der Waals surface area contributed by atoms with Gasteiger partial charge in [0.15, 0.2) is 0 Å². The van der Waals surface area contributed by atoms with Gasteiger partial charge >= 0.3 is 0 Å². The molecule has 0 saturated heterocycles. The zero-order valence-corrected chi connectivity index (χ0v) is 13.3. The van der Waals surface area contributed by atoms with Gasteiger partial charge in [0.05, 0.1) is 17.6 Å². The molecule has 1 amide bonds. The highest BCUT2D eigenvalue weighted by Crippen LogP contribution is 2.22. The summed E-state index contributed by atoms with van der Waals surface area (Å²) in [5, 5.41) is 12.2. The number of anilines is 1. The maximum absolute atomic E-state index is 12.4. The lowest BCUT2D eigenvalue weighted by molar-refractivity contribution is -0.116. The van der Waals surface area contributed by atoms with Crippen molar-refractivity contribution in [2.24, 2.45) is 0 Å². The van der Waals surface area contributed by atoms with Crippen LogP contribution in [0.15, 0.2) is 59.5 Å². The number of fused-ring (bicyclic) bond motifs is 2. The number of H-pyrrole nitrogens is 1. The van der Waals surface area contributed by atoms with Crippen molar-refractivity contribution in [3.8, 4) is 0 Å². The summed E-state index contributed by atoms with van der Waals surface area (Å²) in [6.07, 6.45) is 1.96. The van der Waals surface area contributed by atoms with Gasteiger partial charge in [-0.2, -0.15) is 0 Å². The number of nitrogens with zero attached hydrogens (tertiary/aromatic N) is 3. The van der Waals surface area contributed by atoms with Gasteiger partial charge in [0, 0.05) is 23.5 Å². The number of carbonyl (C=O) groups excluding carboxylic acids is 1. The Morgan fingerprint density at radius 1 is 1.08 bits per heavy atom. The van der Waals surface area contributed by atoms with Gasteiger partial charge in [-0.25, -0.2) is 4.68 Å². The minimum Gasteiger partial charge on any atom is -0.361 e. The Hall–Kier alpha value is -3.48. The highest BCUT2D eigenvalue weighted by Gasteiger charge is 2.09. The lowest BCUT2D eigenvalue weighted by Gasteiger charge is -2.07. The first kappa shape index (κ1) is 15.1. The Morgan fingerprint density at radius 2 is 1.96 bits per heavy atom. The quantitative estimate of drug-likeness (QED) is 0.599. The first-order chi connectivity index (χ1) is 12.2. The van der Waals surface area contributed by atoms with E-state index in [-0.39, 0.29) is 24.4 Å². The van der Waals surface area contributed by atoms with Crippen LogP contribution >= 0.6 is 0 Å². The summed E-state index contributed by atoms with van der Waals surface area (Å²) in [5.74, 6) is -0.185. The molecule has 4 aromatic rings. The average molecular weight is 333 g/mol. The Bertz CT molecular complexity index is 1130. The molecule has 2 aromatic carbocycles. The van der Waals surface area contributed by atoms with E-state index in [9.17, 15) is 9.59 Å². The molecule has 0 unspecified atom stereocenters. The van der Waals surface area contributed by atoms with Crippen molar-refractivity contribution < 1.29 is 4.79 Å². The van der Waals surface area contributed by atoms with Gasteiger partial charge in [-0.05, 0) is 30.3 Å². The summed E-state index contributed by atoms with van der Waals surface area (Å²) >= 11 is 0. The van der Waals surface area contributed by atoms with E-state index in [0.717, 1.165) is 16.6 Å². The molecule has 4 rings (SSSR count). The van der Waals surface area contributed by atoms with Gasteiger partial charge < -0.3 is 10.3 Å². The van der Waals surface area contributed by atoms with Crippen molar-refractivity contribution in [3.63, 3.8) is 0 Å². The molecule has 0 saturated carbocycles. The molecule has 0 aliphatic carbocycles. The van der Waals surface area contributed by atoms with Gasteiger partial charge in [0.25, 0.3) is 5.56 Å². The average Bonchev–Trinajstić information content (AvgIpc) is 3.11. The number of aromatic nitrogens is 4. The van der Waals surface area contributed by atoms with Crippen molar-refractivity contribution >= 4 is 33.4 Å². The van der Waals surface area contributed by atoms with Crippen LogP contribution in [0.25, 0.3) is 21.8 Å². The van der Waals surface area contributed by atoms with Crippen molar-refractivity contribution in [2.75, 3.05) is 5.32 Å². The van der Waals surface area contributed by atoms with E-state index in [1.54, 1.807) is 24.3 Å². The fourth-order valence-corrected chi connectivity index (χ4v) is 2.78. The van der Waals surface area contributed by atoms with Crippen LogP contribution in [-0.2, 0) is 11.3 Å². The van der Waals surface area contributed by atoms with E-state index in [0.29, 0.717) is 10.9 Å². The number of nitrogens with one attached hydrogen (secondary N) is 2. The molecule has 25 heavy (non-hydrogen) atoms. The second-order valence-corrected chi connectivity index (χ2v) is 5.68. The Labute approximate surface area is 142 Å². The standard InChI is InChI=1S/C18H15N5O2/c24-17(20-15-7-3-6-14-12(15)8-10-19-14)9-11-23-18(25)13-4-1-2-5-16(13)21-22-23/h1-8,10,19H,9,11H2,(H,20,24). The maximum Gasteiger partial charge on any atom is 0.277 e. The normalized spacial score (nSPS) is 11.0. The van der Waals surface area contributed by atoms with Crippen molar-refractivity contribution in [1.82, 2.24) is 20.0 Å². The van der Waals surface area contributed by atoms with E-state index in [2.05, 4.69) is 20.6 Å². The Balaban J connectivity index is 1.50. The number of amides is 1. The number of hydrogen-bond acceptors (Lipinski definition) is 4. The number of hydrogen-bond donors (Lipinski definition) is 2. The molecule has 0 aliphatic heterocycles. The van der Waals surface area contributed by atoms with Crippen LogP contribution in [0.5, 0.6) is 0 Å². The maximum atomic E-state index is 12.4. The van der Waals surface area contributed by atoms with Gasteiger partial charge in [0.1, 0.15) is 5.52 Å². The predicted octanol–water partition coefficient (Wildman–Crippen LogP) is 2.30. The molecule has 0 aliphatic rings. The van der Waals surface area contributed by atoms with E-state index < -0.39 is 0 Å². The summed E-state index contributed by atoms with van der Waals surface area (Å²) in [5.41, 5.74) is 1.99. The highest BCUT2D eigenvalue weighted by atomic mass is 16.2. The molecular weight excluding hydrogens is 318 g/mol. The van der Waals surface area contributed by atoms with Crippen LogP contribution in [0.2, 0.25) is 0 Å². The fraction of sp³-hybridized carbons (Fsp3) is 0.111. The molecule has 0 radical (unpaired) electrons. The lowest BCUT2D eigenvalue weighted by Crippen LogP contribution is -2.26. The molecule has 0 spiro atoms. The molecule has 0 atom stereocenters. The second kappa shape index (κ2) is 6.20. The minimum atomic E-state index is -0.244. The predicted molar refractivity (Wildman–Crippen MR) is 95.3 cm³/mol. The zero-order chi connectivity index (χ0) is 17.2. The van der Waals surface area contributed by atoms with Crippen molar-refractivity contribution in [3.05, 3.63) is 65.1 Å². The number of aromatic amines is 1. The molecule has 2 heterocycles. The SMILES string of the molecule is O=C(CCn1nnc2ccccc2c1=O)Nc1cccc2[nH]ccc12.